The van der Waals surface area contributed by atoms with Crippen LogP contribution >= 0.6 is 0 Å². The number of aromatic amines is 1. The molecule has 0 unspecified atom stereocenters. The first-order valence-corrected chi connectivity index (χ1v) is 8.42. The third kappa shape index (κ3) is 3.45. The van der Waals surface area contributed by atoms with Crippen LogP contribution in [0, 0.1) is 18.3 Å². The minimum Gasteiger partial charge on any atom is -0.371 e. The number of pyridine rings is 1. The number of nitrogens with one attached hydrogen (secondary N) is 1. The maximum absolute atomic E-state index is 13.7. The van der Waals surface area contributed by atoms with E-state index in [9.17, 15) is 23.2 Å². The zero-order chi connectivity index (χ0) is 18.9. The monoisotopic (exact) mass is 361 g/mol. The molecule has 2 aromatic rings. The molecule has 1 aromatic heterocycles. The summed E-state index contributed by atoms with van der Waals surface area (Å²) in [5.41, 5.74) is -0.462. The van der Waals surface area contributed by atoms with E-state index in [0.29, 0.717) is 18.8 Å². The molecule has 1 saturated heterocycles. The van der Waals surface area contributed by atoms with Crippen molar-refractivity contribution in [1.29, 1.82) is 5.26 Å². The summed E-state index contributed by atoms with van der Waals surface area (Å²) in [5.74, 6) is 0. The van der Waals surface area contributed by atoms with Gasteiger partial charge in [-0.2, -0.15) is 18.4 Å². The van der Waals surface area contributed by atoms with Gasteiger partial charge < -0.3 is 9.88 Å². The molecular formula is C19H18F3N3O. The number of benzene rings is 1. The molecule has 1 aliphatic heterocycles. The van der Waals surface area contributed by atoms with Gasteiger partial charge >= 0.3 is 6.18 Å². The third-order valence-electron chi connectivity index (χ3n) is 4.59. The molecule has 3 rings (SSSR count). The van der Waals surface area contributed by atoms with Gasteiger partial charge in [-0.05, 0) is 49.9 Å². The molecule has 0 atom stereocenters. The first-order valence-electron chi connectivity index (χ1n) is 8.42. The standard InChI is InChI=1S/C19H18F3N3O/c1-12-9-14(15(11-23)18(26)24-12)13-5-6-17(16(10-13)19(20,21)22)25-7-3-2-4-8-25/h5-6,9-10H,2-4,7-8H2,1H3,(H,24,26). The lowest BCUT2D eigenvalue weighted by atomic mass is 9.97. The van der Waals surface area contributed by atoms with E-state index in [2.05, 4.69) is 4.98 Å². The number of rotatable bonds is 2. The average Bonchev–Trinajstić information content (AvgIpc) is 2.60. The van der Waals surface area contributed by atoms with Crippen LogP contribution in [0.25, 0.3) is 11.1 Å². The largest absolute Gasteiger partial charge is 0.418 e. The summed E-state index contributed by atoms with van der Waals surface area (Å²) in [6.07, 6.45) is -1.77. The van der Waals surface area contributed by atoms with E-state index in [0.717, 1.165) is 25.3 Å². The summed E-state index contributed by atoms with van der Waals surface area (Å²) < 4.78 is 41.0. The fraction of sp³-hybridized carbons (Fsp3) is 0.368. The molecule has 26 heavy (non-hydrogen) atoms. The minimum atomic E-state index is -4.52. The lowest BCUT2D eigenvalue weighted by Gasteiger charge is -2.31. The molecule has 1 aliphatic rings. The van der Waals surface area contributed by atoms with Crippen LogP contribution in [0.2, 0.25) is 0 Å². The van der Waals surface area contributed by atoms with E-state index in [4.69, 9.17) is 0 Å². The first-order chi connectivity index (χ1) is 12.3. The van der Waals surface area contributed by atoms with Crippen molar-refractivity contribution in [2.24, 2.45) is 0 Å². The molecule has 136 valence electrons. The smallest absolute Gasteiger partial charge is 0.371 e. The van der Waals surface area contributed by atoms with E-state index in [1.165, 1.54) is 12.1 Å². The number of hydrogen-bond acceptors (Lipinski definition) is 3. The van der Waals surface area contributed by atoms with Crippen LogP contribution in [-0.4, -0.2) is 18.1 Å². The van der Waals surface area contributed by atoms with E-state index in [1.54, 1.807) is 24.0 Å². The van der Waals surface area contributed by atoms with Crippen LogP contribution in [0.3, 0.4) is 0 Å². The number of H-pyrrole nitrogens is 1. The second-order valence-corrected chi connectivity index (χ2v) is 6.46. The maximum atomic E-state index is 13.7. The summed E-state index contributed by atoms with van der Waals surface area (Å²) >= 11 is 0. The van der Waals surface area contributed by atoms with Crippen LogP contribution in [0.4, 0.5) is 18.9 Å². The second kappa shape index (κ2) is 6.87. The van der Waals surface area contributed by atoms with Crippen molar-refractivity contribution in [2.45, 2.75) is 32.4 Å². The highest BCUT2D eigenvalue weighted by atomic mass is 19.4. The van der Waals surface area contributed by atoms with E-state index in [-0.39, 0.29) is 22.4 Å². The molecule has 0 saturated carbocycles. The molecule has 7 heteroatoms. The Bertz CT molecular complexity index is 919. The van der Waals surface area contributed by atoms with Crippen LogP contribution < -0.4 is 10.5 Å². The third-order valence-corrected chi connectivity index (χ3v) is 4.59. The zero-order valence-corrected chi connectivity index (χ0v) is 14.3. The van der Waals surface area contributed by atoms with Gasteiger partial charge in [0, 0.05) is 30.0 Å². The van der Waals surface area contributed by atoms with E-state index in [1.807, 2.05) is 0 Å². The summed E-state index contributed by atoms with van der Waals surface area (Å²) in [7, 11) is 0. The van der Waals surface area contributed by atoms with Crippen LogP contribution in [0.15, 0.2) is 29.1 Å². The zero-order valence-electron chi connectivity index (χ0n) is 14.3. The molecule has 0 amide bonds. The van der Waals surface area contributed by atoms with Gasteiger partial charge in [0.25, 0.3) is 5.56 Å². The van der Waals surface area contributed by atoms with Crippen LogP contribution in [-0.2, 0) is 6.18 Å². The summed E-state index contributed by atoms with van der Waals surface area (Å²) in [6.45, 7) is 2.81. The normalized spacial score (nSPS) is 15.0. The molecule has 0 radical (unpaired) electrons. The van der Waals surface area contributed by atoms with Gasteiger partial charge in [0.05, 0.1) is 5.56 Å². The quantitative estimate of drug-likeness (QED) is 0.871. The molecule has 0 aliphatic carbocycles. The van der Waals surface area contributed by atoms with Crippen molar-refractivity contribution >= 4 is 5.69 Å². The fourth-order valence-electron chi connectivity index (χ4n) is 3.37. The number of nitrogens with zero attached hydrogens (tertiary/aromatic N) is 2. The number of nitriles is 1. The first kappa shape index (κ1) is 18.1. The molecule has 2 heterocycles. The molecule has 1 fully saturated rings. The number of aryl methyl sites for hydroxylation is 1. The van der Waals surface area contributed by atoms with Crippen molar-refractivity contribution in [1.82, 2.24) is 4.98 Å². The number of aromatic nitrogens is 1. The minimum absolute atomic E-state index is 0.154. The Morgan fingerprint density at radius 3 is 2.46 bits per heavy atom. The van der Waals surface area contributed by atoms with Gasteiger partial charge in [0.2, 0.25) is 0 Å². The summed E-state index contributed by atoms with van der Waals surface area (Å²) in [5, 5.41) is 9.24. The van der Waals surface area contributed by atoms with Gasteiger partial charge in [-0.3, -0.25) is 4.79 Å². The topological polar surface area (TPSA) is 59.9 Å². The second-order valence-electron chi connectivity index (χ2n) is 6.46. The van der Waals surface area contributed by atoms with Crippen molar-refractivity contribution in [3.05, 3.63) is 51.4 Å². The molecule has 4 nitrogen and oxygen atoms in total. The Morgan fingerprint density at radius 2 is 1.85 bits per heavy atom. The van der Waals surface area contributed by atoms with Crippen molar-refractivity contribution in [3.63, 3.8) is 0 Å². The number of alkyl halides is 3. The molecule has 0 bridgehead atoms. The van der Waals surface area contributed by atoms with Crippen LogP contribution in [0.5, 0.6) is 0 Å². The Labute approximate surface area is 148 Å². The molecule has 0 spiro atoms. The van der Waals surface area contributed by atoms with Crippen molar-refractivity contribution < 1.29 is 13.2 Å². The van der Waals surface area contributed by atoms with E-state index >= 15 is 0 Å². The number of halogens is 3. The summed E-state index contributed by atoms with van der Waals surface area (Å²) in [6, 6.07) is 7.35. The lowest BCUT2D eigenvalue weighted by molar-refractivity contribution is -0.137. The van der Waals surface area contributed by atoms with E-state index < -0.39 is 17.3 Å². The Hall–Kier alpha value is -2.75. The van der Waals surface area contributed by atoms with Crippen LogP contribution in [0.1, 0.15) is 36.1 Å². The lowest BCUT2D eigenvalue weighted by Crippen LogP contribution is -2.31. The molecular weight excluding hydrogens is 343 g/mol. The Kier molecular flexibility index (Phi) is 4.77. The average molecular weight is 361 g/mol. The maximum Gasteiger partial charge on any atom is 0.418 e. The van der Waals surface area contributed by atoms with Gasteiger partial charge in [-0.25, -0.2) is 0 Å². The van der Waals surface area contributed by atoms with Crippen molar-refractivity contribution in [3.8, 4) is 17.2 Å². The predicted molar refractivity (Wildman–Crippen MR) is 93.0 cm³/mol. The highest BCUT2D eigenvalue weighted by molar-refractivity contribution is 5.74. The van der Waals surface area contributed by atoms with Gasteiger partial charge in [0.1, 0.15) is 11.6 Å². The highest BCUT2D eigenvalue weighted by Crippen LogP contribution is 2.40. The Balaban J connectivity index is 2.17. The predicted octanol–water partition coefficient (Wildman–Crippen LogP) is 4.23. The SMILES string of the molecule is Cc1cc(-c2ccc(N3CCCCC3)c(C(F)(F)F)c2)c(C#N)c(=O)[nH]1. The number of hydrogen-bond donors (Lipinski definition) is 1. The van der Waals surface area contributed by atoms with Gasteiger partial charge in [0.15, 0.2) is 0 Å². The Morgan fingerprint density at radius 1 is 1.15 bits per heavy atom. The van der Waals surface area contributed by atoms with Crippen molar-refractivity contribution in [2.75, 3.05) is 18.0 Å². The molecule has 1 aromatic carbocycles. The summed E-state index contributed by atoms with van der Waals surface area (Å²) in [4.78, 5) is 16.2. The molecule has 1 N–H and O–H groups in total. The fourth-order valence-corrected chi connectivity index (χ4v) is 3.37. The number of piperidine rings is 1. The number of anilines is 1. The van der Waals surface area contributed by atoms with Gasteiger partial charge in [-0.1, -0.05) is 6.07 Å². The van der Waals surface area contributed by atoms with Gasteiger partial charge in [-0.15, -0.1) is 0 Å². The highest BCUT2D eigenvalue weighted by Gasteiger charge is 2.35.